The van der Waals surface area contributed by atoms with Gasteiger partial charge in [0.1, 0.15) is 5.01 Å². The maximum absolute atomic E-state index is 12.6. The summed E-state index contributed by atoms with van der Waals surface area (Å²) in [6, 6.07) is 8.66. The van der Waals surface area contributed by atoms with Crippen LogP contribution in [0.1, 0.15) is 36.4 Å². The number of nitrogens with one attached hydrogen (secondary N) is 1. The summed E-state index contributed by atoms with van der Waals surface area (Å²) in [6.45, 7) is 5.21. The highest BCUT2D eigenvalue weighted by molar-refractivity contribution is 7.20. The van der Waals surface area contributed by atoms with Gasteiger partial charge in [-0.2, -0.15) is 0 Å². The zero-order valence-electron chi connectivity index (χ0n) is 16.0. The molecule has 3 aromatic rings. The molecule has 0 aromatic carbocycles. The monoisotopic (exact) mass is 431 g/mol. The lowest BCUT2D eigenvalue weighted by atomic mass is 9.97. The highest BCUT2D eigenvalue weighted by atomic mass is 32.1. The van der Waals surface area contributed by atoms with Crippen LogP contribution >= 0.6 is 34.0 Å². The molecule has 1 aliphatic heterocycles. The number of amides is 1. The Kier molecular flexibility index (Phi) is 6.57. The van der Waals surface area contributed by atoms with E-state index in [2.05, 4.69) is 51.1 Å². The van der Waals surface area contributed by atoms with Gasteiger partial charge in [0.25, 0.3) is 0 Å². The third-order valence-corrected chi connectivity index (χ3v) is 8.15. The third kappa shape index (κ3) is 4.89. The summed E-state index contributed by atoms with van der Waals surface area (Å²) in [6.07, 6.45) is 2.82. The molecule has 0 bridgehead atoms. The van der Waals surface area contributed by atoms with E-state index >= 15 is 0 Å². The lowest BCUT2D eigenvalue weighted by Gasteiger charge is -2.36. The van der Waals surface area contributed by atoms with E-state index in [1.807, 2.05) is 11.4 Å². The Labute approximate surface area is 178 Å². The van der Waals surface area contributed by atoms with Crippen molar-refractivity contribution in [1.29, 1.82) is 0 Å². The Balaban J connectivity index is 1.35. The van der Waals surface area contributed by atoms with Gasteiger partial charge in [-0.3, -0.25) is 9.69 Å². The van der Waals surface area contributed by atoms with Gasteiger partial charge in [0.2, 0.25) is 5.91 Å². The second-order valence-electron chi connectivity index (χ2n) is 7.35. The Bertz CT molecular complexity index is 865. The number of thiophene rings is 2. The van der Waals surface area contributed by atoms with Crippen molar-refractivity contribution >= 4 is 39.9 Å². The number of carbonyl (C=O) groups is 1. The highest BCUT2D eigenvalue weighted by Crippen LogP contribution is 2.30. The van der Waals surface area contributed by atoms with Crippen LogP contribution in [0.15, 0.2) is 40.4 Å². The van der Waals surface area contributed by atoms with Gasteiger partial charge < -0.3 is 5.32 Å². The van der Waals surface area contributed by atoms with Gasteiger partial charge in [-0.15, -0.1) is 34.0 Å². The average molecular weight is 432 g/mol. The van der Waals surface area contributed by atoms with Crippen molar-refractivity contribution in [3.8, 4) is 9.88 Å². The molecule has 28 heavy (non-hydrogen) atoms. The van der Waals surface area contributed by atoms with Crippen molar-refractivity contribution in [2.75, 3.05) is 19.6 Å². The number of rotatable bonds is 7. The molecule has 0 aliphatic carbocycles. The molecule has 0 unspecified atom stereocenters. The van der Waals surface area contributed by atoms with Crippen molar-refractivity contribution in [2.45, 2.75) is 32.2 Å². The van der Waals surface area contributed by atoms with Crippen molar-refractivity contribution < 1.29 is 4.79 Å². The standard InChI is InChI=1S/C21H25N3OS3/c1-15-6-8-24(9-7-15)17(18-4-2-10-26-18)13-22-20(25)12-16-14-28-21(23-16)19-5-3-11-27-19/h2-5,10-11,14-15,17H,6-9,12-13H2,1H3,(H,22,25)/t17-/m0/s1. The van der Waals surface area contributed by atoms with Gasteiger partial charge in [-0.05, 0) is 54.7 Å². The van der Waals surface area contributed by atoms with Gasteiger partial charge in [0.15, 0.2) is 0 Å². The second-order valence-corrected chi connectivity index (χ2v) is 10.1. The molecule has 148 valence electrons. The molecule has 4 nitrogen and oxygen atoms in total. The zero-order chi connectivity index (χ0) is 19.3. The zero-order valence-corrected chi connectivity index (χ0v) is 18.4. The molecule has 4 rings (SSSR count). The minimum absolute atomic E-state index is 0.0509. The molecule has 3 aromatic heterocycles. The predicted molar refractivity (Wildman–Crippen MR) is 119 cm³/mol. The van der Waals surface area contributed by atoms with Crippen LogP contribution in [0.2, 0.25) is 0 Å². The van der Waals surface area contributed by atoms with E-state index in [4.69, 9.17) is 0 Å². The highest BCUT2D eigenvalue weighted by Gasteiger charge is 2.25. The normalized spacial score (nSPS) is 16.9. The molecule has 0 radical (unpaired) electrons. The van der Waals surface area contributed by atoms with Crippen molar-refractivity contribution in [3.05, 3.63) is 51.0 Å². The maximum atomic E-state index is 12.6. The van der Waals surface area contributed by atoms with Crippen LogP contribution in [0.3, 0.4) is 0 Å². The first-order valence-electron chi connectivity index (χ1n) is 9.71. The average Bonchev–Trinajstić information content (AvgIpc) is 3.46. The van der Waals surface area contributed by atoms with Gasteiger partial charge in [0, 0.05) is 16.8 Å². The number of thiazole rings is 1. The molecule has 4 heterocycles. The first-order chi connectivity index (χ1) is 13.7. The Hall–Kier alpha value is -1.54. The summed E-state index contributed by atoms with van der Waals surface area (Å²) in [5, 5.41) is 10.3. The molecular formula is C21H25N3OS3. The number of nitrogens with zero attached hydrogens (tertiary/aromatic N) is 2. The largest absolute Gasteiger partial charge is 0.354 e. The fraction of sp³-hybridized carbons (Fsp3) is 0.429. The third-order valence-electron chi connectivity index (χ3n) is 5.25. The van der Waals surface area contributed by atoms with Gasteiger partial charge in [-0.1, -0.05) is 19.1 Å². The van der Waals surface area contributed by atoms with E-state index in [-0.39, 0.29) is 11.9 Å². The lowest BCUT2D eigenvalue weighted by molar-refractivity contribution is -0.120. The SMILES string of the molecule is CC1CCN([C@@H](CNC(=O)Cc2csc(-c3cccs3)n2)c2cccs2)CC1. The minimum atomic E-state index is 0.0509. The van der Waals surface area contributed by atoms with E-state index < -0.39 is 0 Å². The summed E-state index contributed by atoms with van der Waals surface area (Å²) in [5.41, 5.74) is 0.852. The first-order valence-corrected chi connectivity index (χ1v) is 12.4. The van der Waals surface area contributed by atoms with E-state index in [0.717, 1.165) is 34.6 Å². The summed E-state index contributed by atoms with van der Waals surface area (Å²) in [4.78, 5) is 22.2. The minimum Gasteiger partial charge on any atom is -0.354 e. The van der Waals surface area contributed by atoms with Crippen LogP contribution < -0.4 is 5.32 Å². The molecule has 1 saturated heterocycles. The first kappa shape index (κ1) is 19.8. The van der Waals surface area contributed by atoms with Crippen LogP contribution in [-0.2, 0) is 11.2 Å². The fourth-order valence-electron chi connectivity index (χ4n) is 3.57. The Morgan fingerprint density at radius 3 is 2.71 bits per heavy atom. The van der Waals surface area contributed by atoms with Gasteiger partial charge in [-0.25, -0.2) is 4.98 Å². The van der Waals surface area contributed by atoms with Gasteiger partial charge in [0.05, 0.1) is 23.0 Å². The fourth-order valence-corrected chi connectivity index (χ4v) is 6.06. The van der Waals surface area contributed by atoms with E-state index in [9.17, 15) is 4.79 Å². The molecule has 1 N–H and O–H groups in total. The van der Waals surface area contributed by atoms with Crippen molar-refractivity contribution in [1.82, 2.24) is 15.2 Å². The van der Waals surface area contributed by atoms with E-state index in [1.54, 1.807) is 34.0 Å². The molecule has 0 spiro atoms. The molecule has 1 atom stereocenters. The Morgan fingerprint density at radius 1 is 1.21 bits per heavy atom. The van der Waals surface area contributed by atoms with Crippen LogP contribution in [0.5, 0.6) is 0 Å². The predicted octanol–water partition coefficient (Wildman–Crippen LogP) is 5.07. The molecule has 1 amide bonds. The van der Waals surface area contributed by atoms with Crippen LogP contribution in [-0.4, -0.2) is 35.4 Å². The number of likely N-dealkylation sites (tertiary alicyclic amines) is 1. The maximum Gasteiger partial charge on any atom is 0.226 e. The van der Waals surface area contributed by atoms with Crippen LogP contribution in [0.25, 0.3) is 9.88 Å². The van der Waals surface area contributed by atoms with Gasteiger partial charge >= 0.3 is 0 Å². The summed E-state index contributed by atoms with van der Waals surface area (Å²) < 4.78 is 0. The number of hydrogen-bond donors (Lipinski definition) is 1. The van der Waals surface area contributed by atoms with E-state index in [0.29, 0.717) is 13.0 Å². The summed E-state index contributed by atoms with van der Waals surface area (Å²) >= 11 is 5.07. The molecule has 1 aliphatic rings. The topological polar surface area (TPSA) is 45.2 Å². The quantitative estimate of drug-likeness (QED) is 0.568. The Morgan fingerprint density at radius 2 is 2.00 bits per heavy atom. The number of aromatic nitrogens is 1. The van der Waals surface area contributed by atoms with Crippen LogP contribution in [0, 0.1) is 5.92 Å². The second kappa shape index (κ2) is 9.31. The summed E-state index contributed by atoms with van der Waals surface area (Å²) in [5.74, 6) is 0.854. The number of carbonyl (C=O) groups excluding carboxylic acids is 1. The van der Waals surface area contributed by atoms with Crippen molar-refractivity contribution in [2.24, 2.45) is 5.92 Å². The van der Waals surface area contributed by atoms with Crippen LogP contribution in [0.4, 0.5) is 0 Å². The summed E-state index contributed by atoms with van der Waals surface area (Å²) in [7, 11) is 0. The van der Waals surface area contributed by atoms with E-state index in [1.165, 1.54) is 17.7 Å². The smallest absolute Gasteiger partial charge is 0.226 e. The lowest BCUT2D eigenvalue weighted by Crippen LogP contribution is -2.42. The number of hydrogen-bond acceptors (Lipinski definition) is 6. The number of piperidine rings is 1. The molecule has 1 fully saturated rings. The molecular weight excluding hydrogens is 406 g/mol. The molecule has 7 heteroatoms. The van der Waals surface area contributed by atoms with Crippen molar-refractivity contribution in [3.63, 3.8) is 0 Å². The molecule has 0 saturated carbocycles.